The molecule has 6 heteroatoms. The van der Waals surface area contributed by atoms with Gasteiger partial charge in [-0.25, -0.2) is 0 Å². The molecule has 0 saturated carbocycles. The van der Waals surface area contributed by atoms with Crippen molar-refractivity contribution in [3.63, 3.8) is 0 Å². The number of aromatic nitrogens is 3. The van der Waals surface area contributed by atoms with Crippen LogP contribution in [0.1, 0.15) is 17.2 Å². The van der Waals surface area contributed by atoms with Crippen molar-refractivity contribution in [2.75, 3.05) is 5.88 Å². The molecule has 0 radical (unpaired) electrons. The van der Waals surface area contributed by atoms with Gasteiger partial charge in [0.2, 0.25) is 0 Å². The second kappa shape index (κ2) is 8.03. The van der Waals surface area contributed by atoms with Gasteiger partial charge in [0.1, 0.15) is 0 Å². The first kappa shape index (κ1) is 18.4. The molecule has 0 saturated heterocycles. The van der Waals surface area contributed by atoms with Crippen molar-refractivity contribution < 1.29 is 0 Å². The van der Waals surface area contributed by atoms with Crippen LogP contribution >= 0.6 is 23.4 Å². The Bertz CT molecular complexity index is 1070. The van der Waals surface area contributed by atoms with Gasteiger partial charge in [-0.15, -0.1) is 10.2 Å². The molecule has 5 rings (SSSR count). The summed E-state index contributed by atoms with van der Waals surface area (Å²) in [6.07, 6.45) is 0. The van der Waals surface area contributed by atoms with E-state index in [-0.39, 0.29) is 6.04 Å². The van der Waals surface area contributed by atoms with Gasteiger partial charge in [-0.3, -0.25) is 9.47 Å². The van der Waals surface area contributed by atoms with Crippen LogP contribution in [0.4, 0.5) is 0 Å². The molecule has 0 aliphatic carbocycles. The van der Waals surface area contributed by atoms with Gasteiger partial charge in [-0.1, -0.05) is 96.2 Å². The molecule has 0 fully saturated rings. The molecular weight excluding hydrogens is 400 g/mol. The summed E-state index contributed by atoms with van der Waals surface area (Å²) < 4.78 is 2.18. The molecule has 144 valence electrons. The highest BCUT2D eigenvalue weighted by atomic mass is 35.5. The standard InChI is InChI=1S/C23H19ClN4S/c24-20-13-7-12-19(14-20)22-25-26-23-28(22)15-27(16-29-23)21(17-8-3-1-4-9-17)18-10-5-2-6-11-18/h1-14,21H,15-16H2. The third-order valence-electron chi connectivity index (χ3n) is 5.08. The predicted octanol–water partition coefficient (Wildman–Crippen LogP) is 5.71. The summed E-state index contributed by atoms with van der Waals surface area (Å²) >= 11 is 7.93. The molecule has 0 amide bonds. The van der Waals surface area contributed by atoms with Crippen molar-refractivity contribution in [1.29, 1.82) is 0 Å². The number of rotatable bonds is 4. The Hall–Kier alpha value is -2.60. The van der Waals surface area contributed by atoms with Gasteiger partial charge in [-0.05, 0) is 23.3 Å². The highest BCUT2D eigenvalue weighted by Gasteiger charge is 2.29. The fourth-order valence-corrected chi connectivity index (χ4v) is 4.87. The van der Waals surface area contributed by atoms with Gasteiger partial charge in [-0.2, -0.15) is 0 Å². The molecular formula is C23H19ClN4S. The minimum absolute atomic E-state index is 0.160. The van der Waals surface area contributed by atoms with E-state index in [1.807, 2.05) is 24.3 Å². The first-order chi connectivity index (χ1) is 14.3. The van der Waals surface area contributed by atoms with Gasteiger partial charge in [0.05, 0.1) is 18.6 Å². The number of halogens is 1. The monoisotopic (exact) mass is 418 g/mol. The van der Waals surface area contributed by atoms with Gasteiger partial charge in [0, 0.05) is 10.6 Å². The molecule has 3 aromatic carbocycles. The predicted molar refractivity (Wildman–Crippen MR) is 118 cm³/mol. The largest absolute Gasteiger partial charge is 0.288 e. The summed E-state index contributed by atoms with van der Waals surface area (Å²) in [5.41, 5.74) is 3.54. The fraction of sp³-hybridized carbons (Fsp3) is 0.130. The lowest BCUT2D eigenvalue weighted by Gasteiger charge is -2.35. The van der Waals surface area contributed by atoms with Crippen molar-refractivity contribution >= 4 is 23.4 Å². The fourth-order valence-electron chi connectivity index (χ4n) is 3.77. The van der Waals surface area contributed by atoms with Gasteiger partial charge in [0.25, 0.3) is 0 Å². The third kappa shape index (κ3) is 3.69. The first-order valence-electron chi connectivity index (χ1n) is 9.45. The van der Waals surface area contributed by atoms with E-state index in [0.29, 0.717) is 11.7 Å². The number of nitrogens with zero attached hydrogens (tertiary/aromatic N) is 4. The second-order valence-electron chi connectivity index (χ2n) is 6.97. The van der Waals surface area contributed by atoms with Crippen LogP contribution in [0, 0.1) is 0 Å². The lowest BCUT2D eigenvalue weighted by atomic mass is 9.98. The van der Waals surface area contributed by atoms with Crippen molar-refractivity contribution in [2.24, 2.45) is 0 Å². The molecule has 0 unspecified atom stereocenters. The maximum atomic E-state index is 6.21. The van der Waals surface area contributed by atoms with E-state index in [1.54, 1.807) is 11.8 Å². The second-order valence-corrected chi connectivity index (χ2v) is 8.32. The first-order valence-corrected chi connectivity index (χ1v) is 10.8. The molecule has 0 N–H and O–H groups in total. The van der Waals surface area contributed by atoms with Crippen molar-refractivity contribution in [2.45, 2.75) is 17.9 Å². The average molecular weight is 419 g/mol. The van der Waals surface area contributed by atoms with Crippen LogP contribution in [0.2, 0.25) is 5.02 Å². The summed E-state index contributed by atoms with van der Waals surface area (Å²) in [6, 6.07) is 29.3. The molecule has 0 spiro atoms. The molecule has 1 aliphatic rings. The van der Waals surface area contributed by atoms with E-state index in [1.165, 1.54) is 11.1 Å². The summed E-state index contributed by atoms with van der Waals surface area (Å²) in [6.45, 7) is 0.714. The van der Waals surface area contributed by atoms with Crippen LogP contribution < -0.4 is 0 Å². The highest BCUT2D eigenvalue weighted by molar-refractivity contribution is 7.99. The molecule has 0 atom stereocenters. The maximum absolute atomic E-state index is 6.21. The smallest absolute Gasteiger partial charge is 0.193 e. The third-order valence-corrected chi connectivity index (χ3v) is 6.33. The van der Waals surface area contributed by atoms with Crippen LogP contribution in [-0.2, 0) is 6.67 Å². The molecule has 1 aliphatic heterocycles. The van der Waals surface area contributed by atoms with E-state index in [4.69, 9.17) is 11.6 Å². The Kier molecular flexibility index (Phi) is 5.10. The van der Waals surface area contributed by atoms with Crippen molar-refractivity contribution in [3.8, 4) is 11.4 Å². The summed E-state index contributed by atoms with van der Waals surface area (Å²) in [5, 5.41) is 10.5. The summed E-state index contributed by atoms with van der Waals surface area (Å²) in [4.78, 5) is 2.46. The zero-order valence-electron chi connectivity index (χ0n) is 15.6. The number of hydrogen-bond donors (Lipinski definition) is 0. The molecule has 2 heterocycles. The zero-order chi connectivity index (χ0) is 19.6. The van der Waals surface area contributed by atoms with Gasteiger partial charge in [0.15, 0.2) is 11.0 Å². The van der Waals surface area contributed by atoms with Gasteiger partial charge < -0.3 is 0 Å². The Morgan fingerprint density at radius 3 is 2.17 bits per heavy atom. The van der Waals surface area contributed by atoms with E-state index in [9.17, 15) is 0 Å². The SMILES string of the molecule is Clc1cccc(-c2nnc3n2CN(C(c2ccccc2)c2ccccc2)CS3)c1. The van der Waals surface area contributed by atoms with Crippen LogP contribution in [0.15, 0.2) is 90.1 Å². The number of thioether (sulfide) groups is 1. The summed E-state index contributed by atoms with van der Waals surface area (Å²) in [5.74, 6) is 1.70. The molecule has 29 heavy (non-hydrogen) atoms. The molecule has 4 aromatic rings. The van der Waals surface area contributed by atoms with E-state index < -0.39 is 0 Å². The van der Waals surface area contributed by atoms with Crippen LogP contribution in [-0.4, -0.2) is 25.5 Å². The van der Waals surface area contributed by atoms with Crippen LogP contribution in [0.3, 0.4) is 0 Å². The molecule has 0 bridgehead atoms. The minimum atomic E-state index is 0.160. The zero-order valence-corrected chi connectivity index (χ0v) is 17.2. The van der Waals surface area contributed by atoms with Crippen LogP contribution in [0.25, 0.3) is 11.4 Å². The Balaban J connectivity index is 1.54. The summed E-state index contributed by atoms with van der Waals surface area (Å²) in [7, 11) is 0. The highest BCUT2D eigenvalue weighted by Crippen LogP contribution is 2.36. The average Bonchev–Trinajstić information content (AvgIpc) is 3.19. The number of fused-ring (bicyclic) bond motifs is 1. The maximum Gasteiger partial charge on any atom is 0.193 e. The normalized spacial score (nSPS) is 14.1. The van der Waals surface area contributed by atoms with Crippen molar-refractivity contribution in [3.05, 3.63) is 101 Å². The Morgan fingerprint density at radius 2 is 1.52 bits per heavy atom. The van der Waals surface area contributed by atoms with Gasteiger partial charge >= 0.3 is 0 Å². The lowest BCUT2D eigenvalue weighted by molar-refractivity contribution is 0.195. The Labute approximate surface area is 179 Å². The number of benzene rings is 3. The molecule has 4 nitrogen and oxygen atoms in total. The van der Waals surface area contributed by atoms with E-state index in [0.717, 1.165) is 22.4 Å². The van der Waals surface area contributed by atoms with Crippen LogP contribution in [0.5, 0.6) is 0 Å². The number of hydrogen-bond acceptors (Lipinski definition) is 4. The quantitative estimate of drug-likeness (QED) is 0.425. The minimum Gasteiger partial charge on any atom is -0.288 e. The lowest BCUT2D eigenvalue weighted by Crippen LogP contribution is -2.34. The topological polar surface area (TPSA) is 34.0 Å². The van der Waals surface area contributed by atoms with E-state index in [2.05, 4.69) is 80.3 Å². The Morgan fingerprint density at radius 1 is 0.828 bits per heavy atom. The van der Waals surface area contributed by atoms with E-state index >= 15 is 0 Å². The molecule has 1 aromatic heterocycles. The van der Waals surface area contributed by atoms with Crippen molar-refractivity contribution in [1.82, 2.24) is 19.7 Å².